The highest BCUT2D eigenvalue weighted by atomic mass is 16.5. The molecule has 6 heteroatoms. The fourth-order valence-electron chi connectivity index (χ4n) is 5.74. The summed E-state index contributed by atoms with van der Waals surface area (Å²) in [4.78, 5) is 23.4. The van der Waals surface area contributed by atoms with Gasteiger partial charge in [-0.15, -0.1) is 0 Å². The number of aromatic nitrogens is 1. The predicted molar refractivity (Wildman–Crippen MR) is 162 cm³/mol. The number of rotatable bonds is 7. The first kappa shape index (κ1) is 26.5. The van der Waals surface area contributed by atoms with Crippen LogP contribution in [0.25, 0.3) is 22.2 Å². The van der Waals surface area contributed by atoms with Crippen LogP contribution in [0.1, 0.15) is 27.5 Å². The number of hydrogen-bond acceptors (Lipinski definition) is 5. The molecule has 4 aromatic carbocycles. The maximum atomic E-state index is 14.1. The topological polar surface area (TPSA) is 54.9 Å². The van der Waals surface area contributed by atoms with Crippen LogP contribution < -0.4 is 9.47 Å². The molecule has 0 spiro atoms. The van der Waals surface area contributed by atoms with E-state index in [1.165, 1.54) is 11.1 Å². The number of amides is 1. The number of benzene rings is 4. The van der Waals surface area contributed by atoms with Gasteiger partial charge in [0.05, 0.1) is 37.0 Å². The van der Waals surface area contributed by atoms with Crippen LogP contribution in [-0.4, -0.2) is 61.1 Å². The standard InChI is InChI=1S/C35H33N3O3/c1-40-27-17-18-29(33(23-27)41-2)32-24-30(28-15-9-10-16-31(28)36-32)35(39)38-21-19-37(20-22-38)34(25-11-5-3-6-12-25)26-13-7-4-8-14-26/h3-18,23-24,34H,19-22H2,1-2H3. The molecule has 1 aliphatic heterocycles. The van der Waals surface area contributed by atoms with E-state index in [0.29, 0.717) is 35.8 Å². The summed E-state index contributed by atoms with van der Waals surface area (Å²) in [6.07, 6.45) is 0. The van der Waals surface area contributed by atoms with E-state index < -0.39 is 0 Å². The molecule has 0 atom stereocenters. The van der Waals surface area contributed by atoms with Gasteiger partial charge >= 0.3 is 0 Å². The fraction of sp³-hybridized carbons (Fsp3) is 0.200. The number of carbonyl (C=O) groups is 1. The molecule has 0 radical (unpaired) electrons. The van der Waals surface area contributed by atoms with Gasteiger partial charge in [-0.1, -0.05) is 78.9 Å². The van der Waals surface area contributed by atoms with E-state index in [1.807, 2.05) is 53.4 Å². The number of methoxy groups -OCH3 is 2. The first-order valence-corrected chi connectivity index (χ1v) is 13.9. The smallest absolute Gasteiger partial charge is 0.254 e. The second-order valence-electron chi connectivity index (χ2n) is 10.2. The van der Waals surface area contributed by atoms with Crippen LogP contribution in [-0.2, 0) is 0 Å². The molecule has 2 heterocycles. The summed E-state index contributed by atoms with van der Waals surface area (Å²) in [6.45, 7) is 2.85. The van der Waals surface area contributed by atoms with E-state index in [2.05, 4.69) is 65.6 Å². The zero-order valence-corrected chi connectivity index (χ0v) is 23.4. The Morgan fingerprint density at radius 2 is 1.37 bits per heavy atom. The van der Waals surface area contributed by atoms with Crippen LogP contribution in [0.3, 0.4) is 0 Å². The number of fused-ring (bicyclic) bond motifs is 1. The lowest BCUT2D eigenvalue weighted by atomic mass is 9.96. The molecule has 0 N–H and O–H groups in total. The van der Waals surface area contributed by atoms with Crippen LogP contribution in [0.15, 0.2) is 109 Å². The Bertz CT molecular complexity index is 1610. The van der Waals surface area contributed by atoms with E-state index in [9.17, 15) is 4.79 Å². The third-order valence-electron chi connectivity index (χ3n) is 7.83. The normalized spacial score (nSPS) is 13.9. The maximum absolute atomic E-state index is 14.1. The van der Waals surface area contributed by atoms with Crippen molar-refractivity contribution in [1.82, 2.24) is 14.8 Å². The van der Waals surface area contributed by atoms with E-state index in [1.54, 1.807) is 14.2 Å². The summed E-state index contributed by atoms with van der Waals surface area (Å²) in [6, 6.07) is 36.7. The largest absolute Gasteiger partial charge is 0.497 e. The molecule has 5 aromatic rings. The van der Waals surface area contributed by atoms with Crippen molar-refractivity contribution in [1.29, 1.82) is 0 Å². The third kappa shape index (κ3) is 5.39. The van der Waals surface area contributed by atoms with Crippen LogP contribution in [0.2, 0.25) is 0 Å². The molecule has 6 nitrogen and oxygen atoms in total. The van der Waals surface area contributed by atoms with E-state index in [0.717, 1.165) is 29.6 Å². The Balaban J connectivity index is 1.30. The van der Waals surface area contributed by atoms with Gasteiger partial charge in [-0.25, -0.2) is 4.98 Å². The predicted octanol–water partition coefficient (Wildman–Crippen LogP) is 6.47. The van der Waals surface area contributed by atoms with Gasteiger partial charge in [0.1, 0.15) is 11.5 Å². The van der Waals surface area contributed by atoms with Crippen molar-refractivity contribution in [2.24, 2.45) is 0 Å². The minimum absolute atomic E-state index is 0.0213. The zero-order valence-electron chi connectivity index (χ0n) is 23.4. The molecule has 0 unspecified atom stereocenters. The minimum Gasteiger partial charge on any atom is -0.497 e. The summed E-state index contributed by atoms with van der Waals surface area (Å²) in [5.41, 5.74) is 5.45. The Hall–Kier alpha value is -4.68. The first-order chi connectivity index (χ1) is 20.2. The van der Waals surface area contributed by atoms with Crippen LogP contribution in [0.5, 0.6) is 11.5 Å². The Morgan fingerprint density at radius 1 is 0.732 bits per heavy atom. The average molecular weight is 544 g/mol. The second kappa shape index (κ2) is 11.8. The lowest BCUT2D eigenvalue weighted by Crippen LogP contribution is -2.49. The van der Waals surface area contributed by atoms with Gasteiger partial charge in [0.15, 0.2) is 0 Å². The summed E-state index contributed by atoms with van der Waals surface area (Å²) < 4.78 is 11.0. The van der Waals surface area contributed by atoms with Gasteiger partial charge in [-0.2, -0.15) is 0 Å². The quantitative estimate of drug-likeness (QED) is 0.236. The molecular formula is C35H33N3O3. The molecule has 1 aliphatic rings. The summed E-state index contributed by atoms with van der Waals surface area (Å²) >= 11 is 0. The molecule has 0 saturated carbocycles. The molecule has 0 aliphatic carbocycles. The summed E-state index contributed by atoms with van der Waals surface area (Å²) in [5, 5.41) is 0.850. The van der Waals surface area contributed by atoms with Gasteiger partial charge in [0.2, 0.25) is 0 Å². The van der Waals surface area contributed by atoms with Crippen molar-refractivity contribution in [2.45, 2.75) is 6.04 Å². The number of nitrogens with zero attached hydrogens (tertiary/aromatic N) is 3. The third-order valence-corrected chi connectivity index (χ3v) is 7.83. The average Bonchev–Trinajstić information content (AvgIpc) is 3.05. The molecule has 0 bridgehead atoms. The lowest BCUT2D eigenvalue weighted by molar-refractivity contribution is 0.0599. The van der Waals surface area contributed by atoms with Gasteiger partial charge in [0, 0.05) is 43.2 Å². The highest BCUT2D eigenvalue weighted by Crippen LogP contribution is 2.35. The Morgan fingerprint density at radius 3 is 2.00 bits per heavy atom. The van der Waals surface area contributed by atoms with Crippen LogP contribution >= 0.6 is 0 Å². The fourth-order valence-corrected chi connectivity index (χ4v) is 5.74. The summed E-state index contributed by atoms with van der Waals surface area (Å²) in [7, 11) is 3.25. The van der Waals surface area contributed by atoms with Crippen molar-refractivity contribution in [2.75, 3.05) is 40.4 Å². The molecule has 1 aromatic heterocycles. The van der Waals surface area contributed by atoms with E-state index >= 15 is 0 Å². The van der Waals surface area contributed by atoms with E-state index in [-0.39, 0.29) is 11.9 Å². The SMILES string of the molecule is COc1ccc(-c2cc(C(=O)N3CCN(C(c4ccccc4)c4ccccc4)CC3)c3ccccc3n2)c(OC)c1. The van der Waals surface area contributed by atoms with E-state index in [4.69, 9.17) is 14.5 Å². The molecule has 1 saturated heterocycles. The maximum Gasteiger partial charge on any atom is 0.254 e. The van der Waals surface area contributed by atoms with Crippen molar-refractivity contribution < 1.29 is 14.3 Å². The highest BCUT2D eigenvalue weighted by molar-refractivity contribution is 6.07. The highest BCUT2D eigenvalue weighted by Gasteiger charge is 2.29. The number of piperazine rings is 1. The Labute approximate surface area is 240 Å². The molecule has 206 valence electrons. The Kier molecular flexibility index (Phi) is 7.65. The number of para-hydroxylation sites is 1. The number of pyridine rings is 1. The van der Waals surface area contributed by atoms with Crippen molar-refractivity contribution >= 4 is 16.8 Å². The molecule has 41 heavy (non-hydrogen) atoms. The first-order valence-electron chi connectivity index (χ1n) is 13.9. The van der Waals surface area contributed by atoms with Gasteiger partial charge in [0.25, 0.3) is 5.91 Å². The van der Waals surface area contributed by atoms with Gasteiger partial charge in [-0.3, -0.25) is 9.69 Å². The molecular weight excluding hydrogens is 510 g/mol. The van der Waals surface area contributed by atoms with Crippen molar-refractivity contribution in [3.8, 4) is 22.8 Å². The van der Waals surface area contributed by atoms with Crippen LogP contribution in [0.4, 0.5) is 0 Å². The van der Waals surface area contributed by atoms with Crippen LogP contribution in [0, 0.1) is 0 Å². The minimum atomic E-state index is 0.0213. The lowest BCUT2D eigenvalue weighted by Gasteiger charge is -2.40. The monoisotopic (exact) mass is 543 g/mol. The van der Waals surface area contributed by atoms with Gasteiger partial charge in [-0.05, 0) is 35.4 Å². The molecule has 1 fully saturated rings. The summed E-state index contributed by atoms with van der Waals surface area (Å²) in [5.74, 6) is 1.37. The van der Waals surface area contributed by atoms with Gasteiger partial charge < -0.3 is 14.4 Å². The van der Waals surface area contributed by atoms with Crippen molar-refractivity contribution in [3.63, 3.8) is 0 Å². The van der Waals surface area contributed by atoms with Crippen molar-refractivity contribution in [3.05, 3.63) is 126 Å². The molecule has 1 amide bonds. The zero-order chi connectivity index (χ0) is 28.2. The molecule has 6 rings (SSSR count). The number of ether oxygens (including phenoxy) is 2. The number of hydrogen-bond donors (Lipinski definition) is 0. The second-order valence-corrected chi connectivity index (χ2v) is 10.2. The number of carbonyl (C=O) groups excluding carboxylic acids is 1.